The molecule has 16 heavy (non-hydrogen) atoms. The Labute approximate surface area is 96.6 Å². The molecular weight excluding hydrogens is 208 g/mol. The van der Waals surface area contributed by atoms with Crippen LogP contribution in [0.5, 0.6) is 0 Å². The van der Waals surface area contributed by atoms with Crippen LogP contribution in [0, 0.1) is 11.8 Å². The van der Waals surface area contributed by atoms with Gasteiger partial charge < -0.3 is 9.47 Å². The third kappa shape index (κ3) is 9.24. The van der Waals surface area contributed by atoms with Crippen molar-refractivity contribution in [1.82, 2.24) is 0 Å². The second kappa shape index (κ2) is 7.91. The highest BCUT2D eigenvalue weighted by atomic mass is 16.6. The standard InChI is InChI=1S/C12H20O4/c1-9(2)7-11(13)15-5-6-16-12(14)8-10(3)4/h5-6,9-10H,7-8H2,1-4H3. The number of carbonyl (C=O) groups is 2. The number of ether oxygens (including phenoxy) is 2. The Kier molecular flexibility index (Phi) is 7.25. The van der Waals surface area contributed by atoms with E-state index in [0.717, 1.165) is 12.5 Å². The molecule has 92 valence electrons. The molecule has 0 aliphatic rings. The van der Waals surface area contributed by atoms with Crippen molar-refractivity contribution in [1.29, 1.82) is 0 Å². The number of carbonyl (C=O) groups excluding carboxylic acids is 2. The molecule has 4 nitrogen and oxygen atoms in total. The molecule has 0 spiro atoms. The average molecular weight is 228 g/mol. The van der Waals surface area contributed by atoms with Crippen molar-refractivity contribution in [3.05, 3.63) is 12.5 Å². The minimum atomic E-state index is -0.328. The van der Waals surface area contributed by atoms with Crippen LogP contribution in [0.3, 0.4) is 0 Å². The first kappa shape index (κ1) is 14.7. The summed E-state index contributed by atoms with van der Waals surface area (Å²) in [5, 5.41) is 0. The first-order valence-electron chi connectivity index (χ1n) is 5.45. The fourth-order valence-electron chi connectivity index (χ4n) is 0.970. The third-order valence-corrected chi connectivity index (χ3v) is 1.60. The zero-order chi connectivity index (χ0) is 12.6. The molecule has 0 amide bonds. The number of hydrogen-bond donors (Lipinski definition) is 0. The minimum absolute atomic E-state index is 0.254. The van der Waals surface area contributed by atoms with E-state index in [4.69, 9.17) is 9.47 Å². The molecule has 0 heterocycles. The highest BCUT2D eigenvalue weighted by Crippen LogP contribution is 2.02. The fraction of sp³-hybridized carbons (Fsp3) is 0.667. The highest BCUT2D eigenvalue weighted by molar-refractivity contribution is 5.71. The van der Waals surface area contributed by atoms with Gasteiger partial charge in [-0.1, -0.05) is 27.7 Å². The van der Waals surface area contributed by atoms with Gasteiger partial charge in [-0.05, 0) is 11.8 Å². The van der Waals surface area contributed by atoms with Crippen molar-refractivity contribution in [3.63, 3.8) is 0 Å². The minimum Gasteiger partial charge on any atom is -0.431 e. The van der Waals surface area contributed by atoms with Crippen molar-refractivity contribution in [2.45, 2.75) is 40.5 Å². The summed E-state index contributed by atoms with van der Waals surface area (Å²) in [7, 11) is 0. The van der Waals surface area contributed by atoms with Crippen LogP contribution < -0.4 is 0 Å². The second-order valence-corrected chi connectivity index (χ2v) is 4.45. The summed E-state index contributed by atoms with van der Waals surface area (Å²) in [4.78, 5) is 22.1. The molecule has 0 unspecified atom stereocenters. The maximum Gasteiger partial charge on any atom is 0.310 e. The zero-order valence-electron chi connectivity index (χ0n) is 10.4. The van der Waals surface area contributed by atoms with Crippen LogP contribution in [0.4, 0.5) is 0 Å². The number of rotatable bonds is 6. The van der Waals surface area contributed by atoms with Crippen LogP contribution in [0.15, 0.2) is 12.5 Å². The van der Waals surface area contributed by atoms with Gasteiger partial charge in [-0.15, -0.1) is 0 Å². The van der Waals surface area contributed by atoms with Gasteiger partial charge in [0.1, 0.15) is 12.5 Å². The second-order valence-electron chi connectivity index (χ2n) is 4.45. The van der Waals surface area contributed by atoms with E-state index >= 15 is 0 Å². The van der Waals surface area contributed by atoms with Crippen LogP contribution in [0.1, 0.15) is 40.5 Å². The molecule has 0 atom stereocenters. The molecule has 4 heteroatoms. The molecule has 0 fully saturated rings. The molecule has 0 saturated heterocycles. The molecule has 0 radical (unpaired) electrons. The molecule has 0 aromatic heterocycles. The van der Waals surface area contributed by atoms with Crippen LogP contribution in [0.2, 0.25) is 0 Å². The van der Waals surface area contributed by atoms with Crippen molar-refractivity contribution < 1.29 is 19.1 Å². The van der Waals surface area contributed by atoms with E-state index in [1.54, 1.807) is 0 Å². The van der Waals surface area contributed by atoms with E-state index in [0.29, 0.717) is 12.8 Å². The van der Waals surface area contributed by atoms with Gasteiger partial charge in [0.05, 0.1) is 0 Å². The van der Waals surface area contributed by atoms with Gasteiger partial charge in [-0.2, -0.15) is 0 Å². The smallest absolute Gasteiger partial charge is 0.310 e. The topological polar surface area (TPSA) is 52.6 Å². The lowest BCUT2D eigenvalue weighted by atomic mass is 10.1. The fourth-order valence-corrected chi connectivity index (χ4v) is 0.970. The Morgan fingerprint density at radius 1 is 0.875 bits per heavy atom. The van der Waals surface area contributed by atoms with Crippen molar-refractivity contribution >= 4 is 11.9 Å². The van der Waals surface area contributed by atoms with Crippen molar-refractivity contribution in [2.75, 3.05) is 0 Å². The van der Waals surface area contributed by atoms with Gasteiger partial charge in [-0.3, -0.25) is 9.59 Å². The quantitative estimate of drug-likeness (QED) is 0.518. The molecule has 0 aliphatic heterocycles. The summed E-state index contributed by atoms with van der Waals surface area (Å²) in [6, 6.07) is 0. The summed E-state index contributed by atoms with van der Waals surface area (Å²) in [6.07, 6.45) is 2.90. The molecule has 0 N–H and O–H groups in total. The lowest BCUT2D eigenvalue weighted by molar-refractivity contribution is -0.142. The van der Waals surface area contributed by atoms with Crippen molar-refractivity contribution in [2.24, 2.45) is 11.8 Å². The lowest BCUT2D eigenvalue weighted by Crippen LogP contribution is -2.05. The Morgan fingerprint density at radius 2 is 1.19 bits per heavy atom. The van der Waals surface area contributed by atoms with Gasteiger partial charge in [-0.25, -0.2) is 0 Å². The summed E-state index contributed by atoms with van der Waals surface area (Å²) < 4.78 is 9.42. The van der Waals surface area contributed by atoms with Crippen molar-refractivity contribution in [3.8, 4) is 0 Å². The van der Waals surface area contributed by atoms with E-state index in [-0.39, 0.29) is 23.8 Å². The predicted molar refractivity (Wildman–Crippen MR) is 60.2 cm³/mol. The van der Waals surface area contributed by atoms with E-state index in [9.17, 15) is 9.59 Å². The van der Waals surface area contributed by atoms with E-state index < -0.39 is 0 Å². The van der Waals surface area contributed by atoms with Gasteiger partial charge in [0.2, 0.25) is 0 Å². The van der Waals surface area contributed by atoms with Crippen LogP contribution >= 0.6 is 0 Å². The van der Waals surface area contributed by atoms with Crippen LogP contribution in [0.25, 0.3) is 0 Å². The molecular formula is C12H20O4. The van der Waals surface area contributed by atoms with Crippen LogP contribution in [-0.4, -0.2) is 11.9 Å². The zero-order valence-corrected chi connectivity index (χ0v) is 10.4. The Balaban J connectivity index is 3.69. The van der Waals surface area contributed by atoms with Gasteiger partial charge >= 0.3 is 11.9 Å². The normalized spacial score (nSPS) is 11.1. The molecule has 0 rings (SSSR count). The maximum absolute atomic E-state index is 11.1. The Morgan fingerprint density at radius 3 is 1.44 bits per heavy atom. The van der Waals surface area contributed by atoms with E-state index in [1.807, 2.05) is 27.7 Å². The SMILES string of the molecule is CC(C)CC(=O)OC=COC(=O)CC(C)C. The molecule has 0 aromatic rings. The summed E-state index contributed by atoms with van der Waals surface area (Å²) in [5.74, 6) is -0.147. The van der Waals surface area contributed by atoms with Gasteiger partial charge in [0, 0.05) is 12.8 Å². The Hall–Kier alpha value is -1.32. The first-order chi connectivity index (χ1) is 7.41. The van der Waals surface area contributed by atoms with E-state index in [2.05, 4.69) is 0 Å². The Bertz CT molecular complexity index is 228. The summed E-state index contributed by atoms with van der Waals surface area (Å²) in [5.41, 5.74) is 0. The van der Waals surface area contributed by atoms with Crippen LogP contribution in [-0.2, 0) is 19.1 Å². The molecule has 0 aliphatic carbocycles. The highest BCUT2D eigenvalue weighted by Gasteiger charge is 2.05. The van der Waals surface area contributed by atoms with E-state index in [1.165, 1.54) is 0 Å². The van der Waals surface area contributed by atoms with Gasteiger partial charge in [0.15, 0.2) is 0 Å². The molecule has 0 bridgehead atoms. The maximum atomic E-state index is 11.1. The summed E-state index contributed by atoms with van der Waals surface area (Å²) in [6.45, 7) is 7.70. The molecule has 0 saturated carbocycles. The summed E-state index contributed by atoms with van der Waals surface area (Å²) >= 11 is 0. The van der Waals surface area contributed by atoms with Gasteiger partial charge in [0.25, 0.3) is 0 Å². The molecule has 0 aromatic carbocycles. The predicted octanol–water partition coefficient (Wildman–Crippen LogP) is 2.64. The first-order valence-corrected chi connectivity index (χ1v) is 5.45. The number of hydrogen-bond acceptors (Lipinski definition) is 4. The lowest BCUT2D eigenvalue weighted by Gasteiger charge is -2.03. The average Bonchev–Trinajstić information content (AvgIpc) is 2.10. The third-order valence-electron chi connectivity index (χ3n) is 1.60. The largest absolute Gasteiger partial charge is 0.431 e. The number of esters is 2. The monoisotopic (exact) mass is 228 g/mol.